The van der Waals surface area contributed by atoms with Gasteiger partial charge in [0.05, 0.1) is 17.6 Å². The first-order valence-electron chi connectivity index (χ1n) is 12.5. The van der Waals surface area contributed by atoms with Crippen molar-refractivity contribution in [1.82, 2.24) is 14.7 Å². The van der Waals surface area contributed by atoms with E-state index in [1.54, 1.807) is 6.20 Å². The minimum absolute atomic E-state index is 0.0705. The number of aromatic nitrogens is 2. The normalized spacial score (nSPS) is 17.7. The van der Waals surface area contributed by atoms with Crippen molar-refractivity contribution < 1.29 is 14.3 Å². The monoisotopic (exact) mass is 489 g/mol. The summed E-state index contributed by atoms with van der Waals surface area (Å²) in [5.74, 6) is 0.851. The summed E-state index contributed by atoms with van der Waals surface area (Å²) in [5, 5.41) is 7.77. The number of ether oxygens (including phenoxy) is 2. The van der Waals surface area contributed by atoms with Crippen LogP contribution in [0.25, 0.3) is 5.69 Å². The molecule has 188 valence electrons. The van der Waals surface area contributed by atoms with E-state index < -0.39 is 0 Å². The number of amides is 1. The lowest BCUT2D eigenvalue weighted by Gasteiger charge is -2.37. The number of nitrogens with one attached hydrogen (secondary N) is 1. The summed E-state index contributed by atoms with van der Waals surface area (Å²) in [6.07, 6.45) is 3.14. The molecule has 0 bridgehead atoms. The maximum absolute atomic E-state index is 13.5. The van der Waals surface area contributed by atoms with E-state index in [2.05, 4.69) is 15.3 Å². The molecule has 1 atom stereocenters. The van der Waals surface area contributed by atoms with Crippen molar-refractivity contribution in [3.05, 3.63) is 77.2 Å². The molecule has 0 radical (unpaired) electrons. The predicted octanol–water partition coefficient (Wildman–Crippen LogP) is 2.55. The summed E-state index contributed by atoms with van der Waals surface area (Å²) in [7, 11) is 0. The van der Waals surface area contributed by atoms with Gasteiger partial charge in [-0.1, -0.05) is 36.4 Å². The van der Waals surface area contributed by atoms with Gasteiger partial charge in [-0.15, -0.1) is 0 Å². The Morgan fingerprint density at radius 2 is 1.75 bits per heavy atom. The van der Waals surface area contributed by atoms with Crippen LogP contribution in [-0.2, 0) is 9.53 Å². The van der Waals surface area contributed by atoms with Gasteiger partial charge in [0, 0.05) is 39.3 Å². The minimum Gasteiger partial charge on any atom is -0.492 e. The summed E-state index contributed by atoms with van der Waals surface area (Å²) >= 11 is 0. The van der Waals surface area contributed by atoms with Gasteiger partial charge in [-0.05, 0) is 37.1 Å². The zero-order chi connectivity index (χ0) is 24.7. The molecule has 2 saturated heterocycles. The van der Waals surface area contributed by atoms with Gasteiger partial charge in [0.15, 0.2) is 0 Å². The molecule has 36 heavy (non-hydrogen) atoms. The molecule has 0 aliphatic carbocycles. The van der Waals surface area contributed by atoms with Crippen LogP contribution in [0.15, 0.2) is 71.7 Å². The second-order valence-corrected chi connectivity index (χ2v) is 8.86. The molecule has 3 aromatic rings. The molecular formula is C27H31N5O4. The topological polar surface area (TPSA) is 88.9 Å². The van der Waals surface area contributed by atoms with Crippen molar-refractivity contribution >= 4 is 17.3 Å². The van der Waals surface area contributed by atoms with Gasteiger partial charge >= 0.3 is 0 Å². The number of para-hydroxylation sites is 2. The Kier molecular flexibility index (Phi) is 7.47. The van der Waals surface area contributed by atoms with E-state index in [0.29, 0.717) is 57.3 Å². The van der Waals surface area contributed by atoms with E-state index in [9.17, 15) is 9.59 Å². The van der Waals surface area contributed by atoms with Crippen LogP contribution in [0.5, 0.6) is 5.75 Å². The van der Waals surface area contributed by atoms with Crippen LogP contribution in [-0.4, -0.2) is 72.6 Å². The number of nitrogens with zero attached hydrogens (tertiary/aromatic N) is 4. The Bertz CT molecular complexity index is 1200. The fourth-order valence-electron chi connectivity index (χ4n) is 4.61. The summed E-state index contributed by atoms with van der Waals surface area (Å²) in [5.41, 5.74) is 1.68. The summed E-state index contributed by atoms with van der Waals surface area (Å²) in [6.45, 7) is 3.90. The van der Waals surface area contributed by atoms with Crippen molar-refractivity contribution in [2.45, 2.75) is 18.9 Å². The molecule has 2 fully saturated rings. The summed E-state index contributed by atoms with van der Waals surface area (Å²) in [4.78, 5) is 30.3. The number of benzene rings is 2. The first kappa shape index (κ1) is 23.9. The average Bonchev–Trinajstić information content (AvgIpc) is 3.48. The van der Waals surface area contributed by atoms with Crippen molar-refractivity contribution in [2.24, 2.45) is 0 Å². The van der Waals surface area contributed by atoms with Gasteiger partial charge in [-0.2, -0.15) is 9.78 Å². The number of rotatable bonds is 8. The van der Waals surface area contributed by atoms with Crippen LogP contribution in [0.2, 0.25) is 0 Å². The van der Waals surface area contributed by atoms with Gasteiger partial charge in [-0.3, -0.25) is 9.59 Å². The third-order valence-electron chi connectivity index (χ3n) is 6.51. The van der Waals surface area contributed by atoms with E-state index in [1.165, 1.54) is 4.68 Å². The highest BCUT2D eigenvalue weighted by atomic mass is 16.5. The van der Waals surface area contributed by atoms with E-state index >= 15 is 0 Å². The molecule has 2 aliphatic rings. The van der Waals surface area contributed by atoms with Crippen LogP contribution in [0.3, 0.4) is 0 Å². The smallest absolute Gasteiger partial charge is 0.296 e. The molecule has 2 aliphatic heterocycles. The van der Waals surface area contributed by atoms with Gasteiger partial charge in [-0.25, -0.2) is 0 Å². The fourth-order valence-corrected chi connectivity index (χ4v) is 4.61. The maximum Gasteiger partial charge on any atom is 0.296 e. The molecule has 1 unspecified atom stereocenters. The predicted molar refractivity (Wildman–Crippen MR) is 138 cm³/mol. The van der Waals surface area contributed by atoms with Crippen molar-refractivity contribution in [3.63, 3.8) is 0 Å². The second-order valence-electron chi connectivity index (χ2n) is 8.86. The number of anilines is 2. The van der Waals surface area contributed by atoms with E-state index in [0.717, 1.165) is 24.3 Å². The number of hydrogen-bond acceptors (Lipinski definition) is 7. The zero-order valence-electron chi connectivity index (χ0n) is 20.2. The zero-order valence-corrected chi connectivity index (χ0v) is 20.2. The number of carbonyl (C=O) groups excluding carboxylic acids is 1. The Morgan fingerprint density at radius 1 is 1.03 bits per heavy atom. The van der Waals surface area contributed by atoms with Crippen molar-refractivity contribution in [3.8, 4) is 11.4 Å². The number of carbonyl (C=O) groups is 1. The van der Waals surface area contributed by atoms with Crippen LogP contribution in [0.4, 0.5) is 11.4 Å². The van der Waals surface area contributed by atoms with Crippen LogP contribution < -0.4 is 20.5 Å². The van der Waals surface area contributed by atoms with Crippen LogP contribution in [0.1, 0.15) is 12.8 Å². The summed E-state index contributed by atoms with van der Waals surface area (Å²) < 4.78 is 12.8. The molecule has 0 saturated carbocycles. The minimum atomic E-state index is -0.310. The lowest BCUT2D eigenvalue weighted by molar-refractivity contribution is -0.141. The third kappa shape index (κ3) is 5.36. The highest BCUT2D eigenvalue weighted by Gasteiger charge is 2.31. The molecule has 2 aromatic carbocycles. The average molecular weight is 490 g/mol. The Balaban J connectivity index is 1.32. The lowest BCUT2D eigenvalue weighted by Crippen LogP contribution is -2.52. The summed E-state index contributed by atoms with van der Waals surface area (Å²) in [6, 6.07) is 18.9. The molecule has 9 heteroatoms. The van der Waals surface area contributed by atoms with E-state index in [-0.39, 0.29) is 17.6 Å². The second kappa shape index (κ2) is 11.3. The molecule has 1 N–H and O–H groups in total. The van der Waals surface area contributed by atoms with Gasteiger partial charge in [0.1, 0.15) is 24.1 Å². The van der Waals surface area contributed by atoms with Crippen molar-refractivity contribution in [2.75, 3.05) is 56.2 Å². The van der Waals surface area contributed by atoms with Crippen LogP contribution in [0, 0.1) is 0 Å². The number of hydrogen-bond donors (Lipinski definition) is 1. The molecule has 5 rings (SSSR count). The van der Waals surface area contributed by atoms with Gasteiger partial charge in [0.2, 0.25) is 0 Å². The molecular weight excluding hydrogens is 458 g/mol. The molecule has 9 nitrogen and oxygen atoms in total. The molecule has 1 amide bonds. The molecule has 0 spiro atoms. The third-order valence-corrected chi connectivity index (χ3v) is 6.51. The lowest BCUT2D eigenvalue weighted by atomic mass is 10.2. The fraction of sp³-hybridized carbons (Fsp3) is 0.370. The van der Waals surface area contributed by atoms with Gasteiger partial charge < -0.3 is 24.6 Å². The Morgan fingerprint density at radius 3 is 2.44 bits per heavy atom. The van der Waals surface area contributed by atoms with E-state index in [4.69, 9.17) is 9.47 Å². The number of piperazine rings is 1. The maximum atomic E-state index is 13.5. The Labute approximate surface area is 210 Å². The highest BCUT2D eigenvalue weighted by molar-refractivity contribution is 5.81. The van der Waals surface area contributed by atoms with Gasteiger partial charge in [0.25, 0.3) is 11.5 Å². The highest BCUT2D eigenvalue weighted by Crippen LogP contribution is 2.24. The van der Waals surface area contributed by atoms with Crippen LogP contribution >= 0.6 is 0 Å². The SMILES string of the molecule is O=C(C1CCCO1)N1CCN(c2cnn(-c3ccccc3)c(=O)c2NCCOc2ccccc2)CC1. The largest absolute Gasteiger partial charge is 0.492 e. The van der Waals surface area contributed by atoms with Crippen molar-refractivity contribution in [1.29, 1.82) is 0 Å². The molecule has 1 aromatic heterocycles. The standard InChI is InChI=1S/C27H31N5O4/c33-26(24-12-7-18-36-24)31-16-14-30(15-17-31)23-20-29-32(21-8-3-1-4-9-21)27(34)25(23)28-13-19-35-22-10-5-2-6-11-22/h1-6,8-11,20,24,28H,7,12-19H2. The Hall–Kier alpha value is -3.85. The quantitative estimate of drug-likeness (QED) is 0.487. The molecule has 3 heterocycles. The first-order chi connectivity index (χ1) is 17.7. The van der Waals surface area contributed by atoms with E-state index in [1.807, 2.05) is 65.6 Å². The first-order valence-corrected chi connectivity index (χ1v) is 12.5.